The number of aromatic nitrogens is 2. The van der Waals surface area contributed by atoms with E-state index in [1.54, 1.807) is 0 Å². The second-order valence-corrected chi connectivity index (χ2v) is 5.77. The summed E-state index contributed by atoms with van der Waals surface area (Å²) in [7, 11) is 0. The number of nitrogens with one attached hydrogen (secondary N) is 2. The van der Waals surface area contributed by atoms with Gasteiger partial charge in [-0.15, -0.1) is 0 Å². The molecular formula is C14H16BrN3. The molecule has 0 aliphatic heterocycles. The Morgan fingerprint density at radius 1 is 1.50 bits per heavy atom. The standard InChI is InChI=1S/C14H16BrN3/c1-9(11-7-16-17-8-11)18-14-5-2-10-6-12(15)3-4-13(10)14/h3-4,6-9,14,18H,2,5H2,1H3,(H,16,17). The van der Waals surface area contributed by atoms with Crippen LogP contribution in [-0.2, 0) is 6.42 Å². The molecule has 0 spiro atoms. The molecule has 0 radical (unpaired) electrons. The van der Waals surface area contributed by atoms with Crippen molar-refractivity contribution >= 4 is 15.9 Å². The molecule has 1 heterocycles. The molecule has 18 heavy (non-hydrogen) atoms. The van der Waals surface area contributed by atoms with Crippen molar-refractivity contribution in [3.63, 3.8) is 0 Å². The minimum atomic E-state index is 0.323. The van der Waals surface area contributed by atoms with Gasteiger partial charge in [0.1, 0.15) is 0 Å². The van der Waals surface area contributed by atoms with Gasteiger partial charge in [0.05, 0.1) is 6.20 Å². The van der Waals surface area contributed by atoms with Crippen LogP contribution < -0.4 is 5.32 Å². The Labute approximate surface area is 115 Å². The number of hydrogen-bond acceptors (Lipinski definition) is 2. The van der Waals surface area contributed by atoms with Crippen LogP contribution >= 0.6 is 15.9 Å². The summed E-state index contributed by atoms with van der Waals surface area (Å²) in [4.78, 5) is 0. The van der Waals surface area contributed by atoms with E-state index in [4.69, 9.17) is 0 Å². The van der Waals surface area contributed by atoms with Crippen molar-refractivity contribution in [3.8, 4) is 0 Å². The smallest absolute Gasteiger partial charge is 0.0534 e. The Bertz CT molecular complexity index is 536. The van der Waals surface area contributed by atoms with Crippen LogP contribution in [-0.4, -0.2) is 10.2 Å². The van der Waals surface area contributed by atoms with E-state index in [1.165, 1.54) is 27.6 Å². The molecule has 2 aromatic rings. The maximum atomic E-state index is 4.00. The summed E-state index contributed by atoms with van der Waals surface area (Å²) in [5.41, 5.74) is 4.11. The molecule has 1 aromatic heterocycles. The van der Waals surface area contributed by atoms with E-state index in [0.717, 1.165) is 6.42 Å². The number of H-pyrrole nitrogens is 1. The number of fused-ring (bicyclic) bond motifs is 1. The highest BCUT2D eigenvalue weighted by molar-refractivity contribution is 9.10. The molecule has 0 saturated carbocycles. The minimum Gasteiger partial charge on any atom is -0.303 e. The molecule has 0 saturated heterocycles. The average molecular weight is 306 g/mol. The highest BCUT2D eigenvalue weighted by atomic mass is 79.9. The first-order valence-electron chi connectivity index (χ1n) is 6.27. The quantitative estimate of drug-likeness (QED) is 0.911. The molecule has 0 bridgehead atoms. The summed E-state index contributed by atoms with van der Waals surface area (Å²) in [6, 6.07) is 7.37. The van der Waals surface area contributed by atoms with Gasteiger partial charge < -0.3 is 5.32 Å². The van der Waals surface area contributed by atoms with Crippen LogP contribution in [0, 0.1) is 0 Å². The van der Waals surface area contributed by atoms with Crippen molar-refractivity contribution in [1.29, 1.82) is 0 Å². The number of aromatic amines is 1. The number of rotatable bonds is 3. The molecule has 4 heteroatoms. The van der Waals surface area contributed by atoms with Crippen molar-refractivity contribution in [2.24, 2.45) is 0 Å². The molecule has 1 aliphatic carbocycles. The fraction of sp³-hybridized carbons (Fsp3) is 0.357. The van der Waals surface area contributed by atoms with E-state index in [9.17, 15) is 0 Å². The van der Waals surface area contributed by atoms with Crippen LogP contribution in [0.25, 0.3) is 0 Å². The van der Waals surface area contributed by atoms with Gasteiger partial charge in [0, 0.05) is 28.3 Å². The number of aryl methyl sites for hydroxylation is 1. The van der Waals surface area contributed by atoms with Crippen molar-refractivity contribution in [3.05, 3.63) is 51.8 Å². The van der Waals surface area contributed by atoms with E-state index in [-0.39, 0.29) is 0 Å². The van der Waals surface area contributed by atoms with E-state index in [1.807, 2.05) is 12.4 Å². The second-order valence-electron chi connectivity index (χ2n) is 4.85. The van der Waals surface area contributed by atoms with Gasteiger partial charge in [-0.2, -0.15) is 5.10 Å². The largest absolute Gasteiger partial charge is 0.303 e. The number of hydrogen-bond donors (Lipinski definition) is 2. The zero-order valence-corrected chi connectivity index (χ0v) is 11.9. The van der Waals surface area contributed by atoms with Gasteiger partial charge in [-0.1, -0.05) is 22.0 Å². The lowest BCUT2D eigenvalue weighted by Crippen LogP contribution is -2.22. The third-order valence-corrected chi connectivity index (χ3v) is 4.15. The lowest BCUT2D eigenvalue weighted by Gasteiger charge is -2.19. The Kier molecular flexibility index (Phi) is 3.22. The van der Waals surface area contributed by atoms with Crippen LogP contribution in [0.1, 0.15) is 42.1 Å². The van der Waals surface area contributed by atoms with Crippen LogP contribution in [0.15, 0.2) is 35.1 Å². The van der Waals surface area contributed by atoms with Gasteiger partial charge in [0.25, 0.3) is 0 Å². The molecule has 2 unspecified atom stereocenters. The van der Waals surface area contributed by atoms with Crippen molar-refractivity contribution in [2.75, 3.05) is 0 Å². The van der Waals surface area contributed by atoms with Gasteiger partial charge >= 0.3 is 0 Å². The van der Waals surface area contributed by atoms with Crippen molar-refractivity contribution in [1.82, 2.24) is 15.5 Å². The first-order chi connectivity index (χ1) is 8.74. The van der Waals surface area contributed by atoms with Crippen LogP contribution in [0.2, 0.25) is 0 Å². The van der Waals surface area contributed by atoms with E-state index >= 15 is 0 Å². The van der Waals surface area contributed by atoms with E-state index < -0.39 is 0 Å². The fourth-order valence-electron chi connectivity index (χ4n) is 2.65. The Morgan fingerprint density at radius 2 is 2.39 bits per heavy atom. The molecule has 0 fully saturated rings. The summed E-state index contributed by atoms with van der Waals surface area (Å²) in [5, 5.41) is 10.6. The predicted octanol–water partition coefficient (Wildman–Crippen LogP) is 3.51. The normalized spacial score (nSPS) is 19.8. The van der Waals surface area contributed by atoms with Crippen molar-refractivity contribution in [2.45, 2.75) is 31.8 Å². The molecule has 1 aromatic carbocycles. The topological polar surface area (TPSA) is 40.7 Å². The molecule has 2 atom stereocenters. The van der Waals surface area contributed by atoms with Gasteiger partial charge in [0.15, 0.2) is 0 Å². The second kappa shape index (κ2) is 4.86. The zero-order chi connectivity index (χ0) is 12.5. The van der Waals surface area contributed by atoms with E-state index in [0.29, 0.717) is 12.1 Å². The third-order valence-electron chi connectivity index (χ3n) is 3.65. The highest BCUT2D eigenvalue weighted by Crippen LogP contribution is 2.34. The zero-order valence-electron chi connectivity index (χ0n) is 10.3. The molecule has 0 amide bonds. The van der Waals surface area contributed by atoms with Crippen molar-refractivity contribution < 1.29 is 0 Å². The SMILES string of the molecule is CC(NC1CCc2cc(Br)ccc21)c1cn[nH]c1. The molecular weight excluding hydrogens is 290 g/mol. The molecule has 1 aliphatic rings. The Hall–Kier alpha value is -1.13. The molecule has 2 N–H and O–H groups in total. The number of nitrogens with zero attached hydrogens (tertiary/aromatic N) is 1. The Balaban J connectivity index is 1.77. The molecule has 3 nitrogen and oxygen atoms in total. The van der Waals surface area contributed by atoms with Gasteiger partial charge in [-0.05, 0) is 43.0 Å². The Morgan fingerprint density at radius 3 is 3.17 bits per heavy atom. The molecule has 94 valence electrons. The van der Waals surface area contributed by atoms with Crippen LogP contribution in [0.4, 0.5) is 0 Å². The summed E-state index contributed by atoms with van der Waals surface area (Å²) in [6.45, 7) is 2.18. The summed E-state index contributed by atoms with van der Waals surface area (Å²) < 4.78 is 1.17. The maximum absolute atomic E-state index is 4.00. The van der Waals surface area contributed by atoms with Gasteiger partial charge in [-0.25, -0.2) is 0 Å². The third kappa shape index (κ3) is 2.22. The minimum absolute atomic E-state index is 0.323. The van der Waals surface area contributed by atoms with Gasteiger partial charge in [-0.3, -0.25) is 5.10 Å². The van der Waals surface area contributed by atoms with Crippen LogP contribution in [0.5, 0.6) is 0 Å². The van der Waals surface area contributed by atoms with E-state index in [2.05, 4.69) is 56.6 Å². The molecule has 3 rings (SSSR count). The predicted molar refractivity (Wildman–Crippen MR) is 75.3 cm³/mol. The summed E-state index contributed by atoms with van der Waals surface area (Å²) in [5.74, 6) is 0. The fourth-order valence-corrected chi connectivity index (χ4v) is 3.06. The summed E-state index contributed by atoms with van der Waals surface area (Å²) in [6.07, 6.45) is 6.17. The van der Waals surface area contributed by atoms with Gasteiger partial charge in [0.2, 0.25) is 0 Å². The maximum Gasteiger partial charge on any atom is 0.0534 e. The highest BCUT2D eigenvalue weighted by Gasteiger charge is 2.24. The number of halogens is 1. The first-order valence-corrected chi connectivity index (χ1v) is 7.06. The average Bonchev–Trinajstić information content (AvgIpc) is 2.98. The number of benzene rings is 1. The lowest BCUT2D eigenvalue weighted by atomic mass is 10.1. The van der Waals surface area contributed by atoms with Crippen LogP contribution in [0.3, 0.4) is 0 Å². The summed E-state index contributed by atoms with van der Waals surface area (Å²) >= 11 is 3.53. The lowest BCUT2D eigenvalue weighted by molar-refractivity contribution is 0.465. The first kappa shape index (κ1) is 11.9. The monoisotopic (exact) mass is 305 g/mol.